The summed E-state index contributed by atoms with van der Waals surface area (Å²) in [4.78, 5) is 23.8. The van der Waals surface area contributed by atoms with E-state index in [2.05, 4.69) is 6.58 Å². The van der Waals surface area contributed by atoms with E-state index in [4.69, 9.17) is 19.9 Å². The van der Waals surface area contributed by atoms with Crippen molar-refractivity contribution >= 4 is 11.9 Å². The second-order valence-corrected chi connectivity index (χ2v) is 6.48. The van der Waals surface area contributed by atoms with Crippen LogP contribution in [0.5, 0.6) is 11.5 Å². The Balaban J connectivity index is 1.58. The fourth-order valence-corrected chi connectivity index (χ4v) is 2.55. The first-order valence-electron chi connectivity index (χ1n) is 9.19. The lowest BCUT2D eigenvalue weighted by Gasteiger charge is -2.15. The molecule has 0 saturated heterocycles. The standard InChI is InChI=1S/C24H21NO5/c1-16(2)22(26)30-24(25)29-21-14-10-19(11-15-21)23(27)28-20-12-8-18(9-13-20)17-6-4-3-5-7-17/h3-15,24H,1,25H2,2H3. The van der Waals surface area contributed by atoms with Crippen LogP contribution < -0.4 is 15.2 Å². The normalized spacial score (nSPS) is 11.3. The van der Waals surface area contributed by atoms with E-state index in [0.717, 1.165) is 11.1 Å². The van der Waals surface area contributed by atoms with Crippen molar-refractivity contribution in [3.63, 3.8) is 0 Å². The molecule has 3 aromatic rings. The number of hydrogen-bond donors (Lipinski definition) is 1. The zero-order valence-corrected chi connectivity index (χ0v) is 16.4. The number of carbonyl (C=O) groups is 2. The molecule has 0 aliphatic rings. The molecular formula is C24H21NO5. The molecule has 0 bridgehead atoms. The molecule has 0 aromatic heterocycles. The van der Waals surface area contributed by atoms with E-state index in [1.165, 1.54) is 31.2 Å². The van der Waals surface area contributed by atoms with Crippen LogP contribution in [0.3, 0.4) is 0 Å². The highest BCUT2D eigenvalue weighted by Crippen LogP contribution is 2.23. The SMILES string of the molecule is C=C(C)C(=O)OC(N)Oc1ccc(C(=O)Oc2ccc(-c3ccccc3)cc2)cc1. The molecule has 0 aliphatic carbocycles. The Kier molecular flexibility index (Phi) is 6.62. The van der Waals surface area contributed by atoms with Crippen molar-refractivity contribution in [3.8, 4) is 22.6 Å². The molecule has 0 heterocycles. The third-order valence-electron chi connectivity index (χ3n) is 4.09. The summed E-state index contributed by atoms with van der Waals surface area (Å²) in [6.07, 6.45) is -1.28. The second-order valence-electron chi connectivity index (χ2n) is 6.48. The summed E-state index contributed by atoms with van der Waals surface area (Å²) in [5, 5.41) is 0. The predicted octanol–water partition coefficient (Wildman–Crippen LogP) is 4.31. The first-order valence-corrected chi connectivity index (χ1v) is 9.19. The lowest BCUT2D eigenvalue weighted by atomic mass is 10.1. The van der Waals surface area contributed by atoms with Crippen LogP contribution in [0.2, 0.25) is 0 Å². The van der Waals surface area contributed by atoms with Crippen molar-refractivity contribution in [3.05, 3.63) is 96.6 Å². The van der Waals surface area contributed by atoms with Gasteiger partial charge in [-0.2, -0.15) is 0 Å². The minimum absolute atomic E-state index is 0.212. The van der Waals surface area contributed by atoms with Crippen molar-refractivity contribution < 1.29 is 23.8 Å². The maximum absolute atomic E-state index is 12.4. The molecule has 0 aliphatic heterocycles. The summed E-state index contributed by atoms with van der Waals surface area (Å²) in [7, 11) is 0. The molecule has 1 unspecified atom stereocenters. The Morgan fingerprint density at radius 3 is 2.00 bits per heavy atom. The van der Waals surface area contributed by atoms with E-state index in [9.17, 15) is 9.59 Å². The Labute approximate surface area is 174 Å². The van der Waals surface area contributed by atoms with Gasteiger partial charge in [0.25, 0.3) is 0 Å². The van der Waals surface area contributed by atoms with Crippen LogP contribution in [0.15, 0.2) is 91.0 Å². The third kappa shape index (κ3) is 5.56. The van der Waals surface area contributed by atoms with Gasteiger partial charge in [-0.3, -0.25) is 5.73 Å². The fourth-order valence-electron chi connectivity index (χ4n) is 2.55. The lowest BCUT2D eigenvalue weighted by molar-refractivity contribution is -0.157. The van der Waals surface area contributed by atoms with Crippen LogP contribution in [0.1, 0.15) is 17.3 Å². The number of carbonyl (C=O) groups excluding carboxylic acids is 2. The van der Waals surface area contributed by atoms with Crippen LogP contribution in [-0.2, 0) is 9.53 Å². The van der Waals surface area contributed by atoms with Crippen LogP contribution in [-0.4, -0.2) is 18.4 Å². The van der Waals surface area contributed by atoms with Gasteiger partial charge in [-0.25, -0.2) is 9.59 Å². The van der Waals surface area contributed by atoms with Gasteiger partial charge in [-0.1, -0.05) is 49.0 Å². The average Bonchev–Trinajstić information content (AvgIpc) is 2.75. The molecular weight excluding hydrogens is 382 g/mol. The average molecular weight is 403 g/mol. The summed E-state index contributed by atoms with van der Waals surface area (Å²) in [6, 6.07) is 23.3. The molecule has 3 aromatic carbocycles. The van der Waals surface area contributed by atoms with Gasteiger partial charge in [0.15, 0.2) is 0 Å². The van der Waals surface area contributed by atoms with Gasteiger partial charge < -0.3 is 14.2 Å². The topological polar surface area (TPSA) is 87.9 Å². The fraction of sp³-hybridized carbons (Fsp3) is 0.0833. The van der Waals surface area contributed by atoms with Gasteiger partial charge in [0, 0.05) is 5.57 Å². The lowest BCUT2D eigenvalue weighted by Crippen LogP contribution is -2.33. The molecule has 1 atom stereocenters. The Morgan fingerprint density at radius 1 is 0.833 bits per heavy atom. The zero-order valence-electron chi connectivity index (χ0n) is 16.4. The molecule has 2 N–H and O–H groups in total. The minimum Gasteiger partial charge on any atom is -0.442 e. The summed E-state index contributed by atoms with van der Waals surface area (Å²) in [5.41, 5.74) is 8.26. The molecule has 152 valence electrons. The highest BCUT2D eigenvalue weighted by atomic mass is 16.7. The molecule has 3 rings (SSSR count). The largest absolute Gasteiger partial charge is 0.442 e. The molecule has 0 spiro atoms. The molecule has 6 nitrogen and oxygen atoms in total. The highest BCUT2D eigenvalue weighted by Gasteiger charge is 2.13. The van der Waals surface area contributed by atoms with Gasteiger partial charge in [0.2, 0.25) is 0 Å². The Morgan fingerprint density at radius 2 is 1.40 bits per heavy atom. The Hall–Kier alpha value is -3.90. The van der Waals surface area contributed by atoms with Crippen molar-refractivity contribution in [1.82, 2.24) is 0 Å². The molecule has 30 heavy (non-hydrogen) atoms. The first kappa shape index (κ1) is 20.8. The van der Waals surface area contributed by atoms with E-state index >= 15 is 0 Å². The molecule has 0 amide bonds. The van der Waals surface area contributed by atoms with Gasteiger partial charge >= 0.3 is 18.4 Å². The number of nitrogens with two attached hydrogens (primary N) is 1. The van der Waals surface area contributed by atoms with E-state index in [0.29, 0.717) is 17.1 Å². The minimum atomic E-state index is -1.28. The summed E-state index contributed by atoms with van der Waals surface area (Å²) in [5.74, 6) is -0.387. The zero-order chi connectivity index (χ0) is 21.5. The maximum Gasteiger partial charge on any atom is 0.343 e. The maximum atomic E-state index is 12.4. The van der Waals surface area contributed by atoms with E-state index < -0.39 is 18.4 Å². The van der Waals surface area contributed by atoms with E-state index in [1.807, 2.05) is 42.5 Å². The van der Waals surface area contributed by atoms with Crippen LogP contribution in [0, 0.1) is 0 Å². The van der Waals surface area contributed by atoms with E-state index in [1.54, 1.807) is 12.1 Å². The van der Waals surface area contributed by atoms with Gasteiger partial charge in [-0.15, -0.1) is 0 Å². The van der Waals surface area contributed by atoms with Crippen LogP contribution in [0.4, 0.5) is 0 Å². The summed E-state index contributed by atoms with van der Waals surface area (Å²) < 4.78 is 15.5. The van der Waals surface area contributed by atoms with E-state index in [-0.39, 0.29) is 5.57 Å². The molecule has 0 fully saturated rings. The second kappa shape index (κ2) is 9.54. The van der Waals surface area contributed by atoms with Gasteiger partial charge in [-0.05, 0) is 54.4 Å². The summed E-state index contributed by atoms with van der Waals surface area (Å²) in [6.45, 7) is 4.97. The van der Waals surface area contributed by atoms with Gasteiger partial charge in [0.05, 0.1) is 5.56 Å². The number of ether oxygens (including phenoxy) is 3. The number of benzene rings is 3. The van der Waals surface area contributed by atoms with Crippen LogP contribution >= 0.6 is 0 Å². The molecule has 0 saturated carbocycles. The van der Waals surface area contributed by atoms with Crippen molar-refractivity contribution in [2.45, 2.75) is 13.3 Å². The summed E-state index contributed by atoms with van der Waals surface area (Å²) >= 11 is 0. The smallest absolute Gasteiger partial charge is 0.343 e. The third-order valence-corrected chi connectivity index (χ3v) is 4.09. The number of rotatable bonds is 7. The predicted molar refractivity (Wildman–Crippen MR) is 113 cm³/mol. The van der Waals surface area contributed by atoms with Crippen molar-refractivity contribution in [2.24, 2.45) is 5.73 Å². The quantitative estimate of drug-likeness (QED) is 0.274. The molecule has 6 heteroatoms. The van der Waals surface area contributed by atoms with Crippen molar-refractivity contribution in [1.29, 1.82) is 0 Å². The number of esters is 2. The van der Waals surface area contributed by atoms with Crippen molar-refractivity contribution in [2.75, 3.05) is 0 Å². The first-order chi connectivity index (χ1) is 14.4. The highest BCUT2D eigenvalue weighted by molar-refractivity contribution is 5.91. The monoisotopic (exact) mass is 403 g/mol. The molecule has 0 radical (unpaired) electrons. The number of hydrogen-bond acceptors (Lipinski definition) is 6. The van der Waals surface area contributed by atoms with Crippen LogP contribution in [0.25, 0.3) is 11.1 Å². The Bertz CT molecular complexity index is 1030. The van der Waals surface area contributed by atoms with Gasteiger partial charge in [0.1, 0.15) is 11.5 Å².